The van der Waals surface area contributed by atoms with Crippen molar-refractivity contribution in [3.8, 4) is 0 Å². The second kappa shape index (κ2) is 8.58. The van der Waals surface area contributed by atoms with Crippen molar-refractivity contribution in [2.75, 3.05) is 5.75 Å². The van der Waals surface area contributed by atoms with E-state index in [0.29, 0.717) is 23.2 Å². The van der Waals surface area contributed by atoms with Gasteiger partial charge >= 0.3 is 0 Å². The minimum Gasteiger partial charge on any atom is -0.293 e. The minimum absolute atomic E-state index is 0.0134. The van der Waals surface area contributed by atoms with Crippen LogP contribution in [0.25, 0.3) is 10.2 Å². The van der Waals surface area contributed by atoms with Crippen molar-refractivity contribution < 1.29 is 4.79 Å². The molecule has 2 heterocycles. The summed E-state index contributed by atoms with van der Waals surface area (Å²) in [6.45, 7) is 6.43. The SMILES string of the molecule is C=CCn1c(SCC(=O)c2ccc(Br)cc2)nc2sc3c(c2c1=O)CCC(C)C3. The van der Waals surface area contributed by atoms with E-state index in [1.807, 2.05) is 12.1 Å². The Labute approximate surface area is 186 Å². The van der Waals surface area contributed by atoms with Gasteiger partial charge in [0.1, 0.15) is 4.83 Å². The molecule has 0 N–H and O–H groups in total. The maximum absolute atomic E-state index is 13.3. The highest BCUT2D eigenvalue weighted by Gasteiger charge is 2.24. The quantitative estimate of drug-likeness (QED) is 0.198. The molecule has 0 fully saturated rings. The zero-order chi connectivity index (χ0) is 20.5. The summed E-state index contributed by atoms with van der Waals surface area (Å²) in [5.74, 6) is 0.892. The lowest BCUT2D eigenvalue weighted by molar-refractivity contribution is 0.102. The number of nitrogens with zero attached hydrogens (tertiary/aromatic N) is 2. The number of benzene rings is 1. The molecule has 7 heteroatoms. The van der Waals surface area contributed by atoms with Gasteiger partial charge in [-0.25, -0.2) is 4.98 Å². The summed E-state index contributed by atoms with van der Waals surface area (Å²) in [5, 5.41) is 1.35. The highest BCUT2D eigenvalue weighted by Crippen LogP contribution is 2.36. The molecule has 1 atom stereocenters. The molecule has 0 radical (unpaired) electrons. The van der Waals surface area contributed by atoms with Crippen LogP contribution >= 0.6 is 39.0 Å². The number of hydrogen-bond acceptors (Lipinski definition) is 5. The Morgan fingerprint density at radius 1 is 1.41 bits per heavy atom. The summed E-state index contributed by atoms with van der Waals surface area (Å²) in [6, 6.07) is 7.31. The number of halogens is 1. The third-order valence-corrected chi connectivity index (χ3v) is 7.84. The van der Waals surface area contributed by atoms with Crippen molar-refractivity contribution in [3.63, 3.8) is 0 Å². The fraction of sp³-hybridized carbons (Fsp3) is 0.318. The molecule has 150 valence electrons. The monoisotopic (exact) mass is 488 g/mol. The first-order chi connectivity index (χ1) is 14.0. The Hall–Kier alpha value is -1.70. The molecule has 0 spiro atoms. The number of ketones is 1. The normalized spacial score (nSPS) is 16.0. The van der Waals surface area contributed by atoms with E-state index in [9.17, 15) is 9.59 Å². The maximum Gasteiger partial charge on any atom is 0.263 e. The zero-order valence-electron chi connectivity index (χ0n) is 16.1. The number of aryl methyl sites for hydroxylation is 1. The Balaban J connectivity index is 1.68. The molecule has 0 amide bonds. The highest BCUT2D eigenvalue weighted by molar-refractivity contribution is 9.10. The number of rotatable bonds is 6. The molecule has 1 aromatic carbocycles. The van der Waals surface area contributed by atoms with E-state index in [-0.39, 0.29) is 17.1 Å². The molecular formula is C22H21BrN2O2S2. The Morgan fingerprint density at radius 2 is 2.17 bits per heavy atom. The van der Waals surface area contributed by atoms with Crippen LogP contribution in [0, 0.1) is 5.92 Å². The van der Waals surface area contributed by atoms with Crippen molar-refractivity contribution in [1.29, 1.82) is 0 Å². The first kappa shape index (κ1) is 20.6. The number of allylic oxidation sites excluding steroid dienone is 1. The number of fused-ring (bicyclic) bond motifs is 3. The summed E-state index contributed by atoms with van der Waals surface area (Å²) >= 11 is 6.34. The van der Waals surface area contributed by atoms with Crippen LogP contribution in [0.15, 0.2) is 51.3 Å². The molecule has 0 saturated heterocycles. The number of carbonyl (C=O) groups excluding carboxylic acids is 1. The fourth-order valence-corrected chi connectivity index (χ4v) is 6.25. The number of carbonyl (C=O) groups is 1. The van der Waals surface area contributed by atoms with Gasteiger partial charge in [0.25, 0.3) is 5.56 Å². The van der Waals surface area contributed by atoms with Gasteiger partial charge in [0.05, 0.1) is 11.1 Å². The predicted molar refractivity (Wildman–Crippen MR) is 124 cm³/mol. The third-order valence-electron chi connectivity index (χ3n) is 5.19. The molecule has 0 saturated carbocycles. The molecule has 4 nitrogen and oxygen atoms in total. The third kappa shape index (κ3) is 4.13. The van der Waals surface area contributed by atoms with E-state index >= 15 is 0 Å². The smallest absolute Gasteiger partial charge is 0.263 e. The standard InChI is InChI=1S/C22H21BrN2O2S2/c1-3-10-25-21(27)19-16-9-4-13(2)11-18(16)29-20(19)24-22(25)28-12-17(26)14-5-7-15(23)8-6-14/h3,5-8,13H,1,4,9-12H2,2H3. The number of hydrogen-bond donors (Lipinski definition) is 0. The Morgan fingerprint density at radius 3 is 2.90 bits per heavy atom. The molecule has 3 aromatic rings. The van der Waals surface area contributed by atoms with Gasteiger partial charge in [0.2, 0.25) is 0 Å². The molecule has 1 aliphatic carbocycles. The minimum atomic E-state index is -0.0134. The Kier molecular flexibility index (Phi) is 6.08. The lowest BCUT2D eigenvalue weighted by Crippen LogP contribution is -2.24. The summed E-state index contributed by atoms with van der Waals surface area (Å²) in [5.41, 5.74) is 1.82. The van der Waals surface area contributed by atoms with Gasteiger partial charge in [-0.05, 0) is 42.9 Å². The van der Waals surface area contributed by atoms with Crippen LogP contribution in [0.5, 0.6) is 0 Å². The van der Waals surface area contributed by atoms with E-state index in [4.69, 9.17) is 4.98 Å². The van der Waals surface area contributed by atoms with Crippen molar-refractivity contribution in [2.24, 2.45) is 5.92 Å². The molecule has 0 bridgehead atoms. The number of Topliss-reactive ketones (excluding diaryl/α,β-unsaturated/α-hetero) is 1. The zero-order valence-corrected chi connectivity index (χ0v) is 19.3. The van der Waals surface area contributed by atoms with Gasteiger partial charge in [-0.15, -0.1) is 17.9 Å². The number of thiophene rings is 1. The second-order valence-electron chi connectivity index (χ2n) is 7.35. The fourth-order valence-electron chi connectivity index (χ4n) is 3.65. The van der Waals surface area contributed by atoms with Crippen LogP contribution in [0.2, 0.25) is 0 Å². The van der Waals surface area contributed by atoms with E-state index in [1.54, 1.807) is 34.1 Å². The number of aromatic nitrogens is 2. The van der Waals surface area contributed by atoms with Crippen molar-refractivity contribution in [2.45, 2.75) is 37.9 Å². The van der Waals surface area contributed by atoms with E-state index < -0.39 is 0 Å². The lowest BCUT2D eigenvalue weighted by Gasteiger charge is -2.17. The summed E-state index contributed by atoms with van der Waals surface area (Å²) in [6.07, 6.45) is 4.77. The molecule has 2 aromatic heterocycles. The van der Waals surface area contributed by atoms with Gasteiger partial charge < -0.3 is 0 Å². The topological polar surface area (TPSA) is 52.0 Å². The van der Waals surface area contributed by atoms with Crippen LogP contribution in [0.1, 0.15) is 34.1 Å². The van der Waals surface area contributed by atoms with Crippen LogP contribution in [-0.2, 0) is 19.4 Å². The largest absolute Gasteiger partial charge is 0.293 e. The van der Waals surface area contributed by atoms with Crippen LogP contribution < -0.4 is 5.56 Å². The number of thioether (sulfide) groups is 1. The van der Waals surface area contributed by atoms with Gasteiger partial charge in [0.15, 0.2) is 10.9 Å². The second-order valence-corrected chi connectivity index (χ2v) is 10.3. The van der Waals surface area contributed by atoms with Crippen LogP contribution in [-0.4, -0.2) is 21.1 Å². The van der Waals surface area contributed by atoms with Gasteiger partial charge in [0, 0.05) is 21.5 Å². The van der Waals surface area contributed by atoms with Gasteiger partial charge in [-0.3, -0.25) is 14.2 Å². The summed E-state index contributed by atoms with van der Waals surface area (Å²) in [7, 11) is 0. The van der Waals surface area contributed by atoms with E-state index in [0.717, 1.165) is 34.0 Å². The van der Waals surface area contributed by atoms with Gasteiger partial charge in [-0.1, -0.05) is 52.8 Å². The lowest BCUT2D eigenvalue weighted by atomic mass is 9.89. The molecular weight excluding hydrogens is 468 g/mol. The average Bonchev–Trinajstić information content (AvgIpc) is 3.06. The van der Waals surface area contributed by atoms with Crippen molar-refractivity contribution in [1.82, 2.24) is 9.55 Å². The van der Waals surface area contributed by atoms with Crippen LogP contribution in [0.3, 0.4) is 0 Å². The highest BCUT2D eigenvalue weighted by atomic mass is 79.9. The first-order valence-electron chi connectivity index (χ1n) is 9.55. The summed E-state index contributed by atoms with van der Waals surface area (Å²) in [4.78, 5) is 32.8. The van der Waals surface area contributed by atoms with Crippen molar-refractivity contribution in [3.05, 3.63) is 67.8 Å². The molecule has 29 heavy (non-hydrogen) atoms. The first-order valence-corrected chi connectivity index (χ1v) is 12.1. The summed E-state index contributed by atoms with van der Waals surface area (Å²) < 4.78 is 2.59. The van der Waals surface area contributed by atoms with Crippen LogP contribution in [0.4, 0.5) is 0 Å². The van der Waals surface area contributed by atoms with E-state index in [1.165, 1.54) is 22.2 Å². The Bertz CT molecular complexity index is 1150. The maximum atomic E-state index is 13.3. The van der Waals surface area contributed by atoms with Crippen molar-refractivity contribution >= 4 is 55.0 Å². The molecule has 0 aliphatic heterocycles. The molecule has 1 aliphatic rings. The molecule has 1 unspecified atom stereocenters. The average molecular weight is 489 g/mol. The predicted octanol–water partition coefficient (Wildman–Crippen LogP) is 5.51. The molecule has 4 rings (SSSR count). The van der Waals surface area contributed by atoms with E-state index in [2.05, 4.69) is 29.4 Å². The van der Waals surface area contributed by atoms with Gasteiger partial charge in [-0.2, -0.15) is 0 Å².